The van der Waals surface area contributed by atoms with E-state index in [1.54, 1.807) is 6.20 Å². The van der Waals surface area contributed by atoms with E-state index in [0.717, 1.165) is 37.7 Å². The molecule has 1 unspecified atom stereocenters. The van der Waals surface area contributed by atoms with Gasteiger partial charge in [-0.05, 0) is 76.5 Å². The molecule has 0 amide bonds. The van der Waals surface area contributed by atoms with Crippen LogP contribution in [0.5, 0.6) is 0 Å². The lowest BCUT2D eigenvalue weighted by Crippen LogP contribution is -2.48. The van der Waals surface area contributed by atoms with Gasteiger partial charge in [-0.15, -0.1) is 0 Å². The Labute approximate surface area is 190 Å². The van der Waals surface area contributed by atoms with E-state index >= 15 is 0 Å². The molecule has 4 nitrogen and oxygen atoms in total. The number of rotatable bonds is 7. The Morgan fingerprint density at radius 2 is 2.06 bits per heavy atom. The van der Waals surface area contributed by atoms with Crippen molar-refractivity contribution < 1.29 is 0 Å². The number of aliphatic imine (C=N–C) groups is 1. The first-order valence-electron chi connectivity index (χ1n) is 11.8. The van der Waals surface area contributed by atoms with E-state index in [2.05, 4.69) is 80.5 Å². The second kappa shape index (κ2) is 12.6. The van der Waals surface area contributed by atoms with Gasteiger partial charge in [-0.2, -0.15) is 0 Å². The molecular formula is C27H42N4. The molecule has 170 valence electrons. The molecule has 2 fully saturated rings. The molecule has 1 aliphatic heterocycles. The molecule has 1 atom stereocenters. The van der Waals surface area contributed by atoms with Gasteiger partial charge in [-0.1, -0.05) is 32.1 Å². The number of piperazine rings is 1. The lowest BCUT2D eigenvalue weighted by molar-refractivity contribution is 0.255. The van der Waals surface area contributed by atoms with Gasteiger partial charge in [0.2, 0.25) is 0 Å². The molecule has 3 rings (SSSR count). The predicted octanol–water partition coefficient (Wildman–Crippen LogP) is 5.86. The maximum Gasteiger partial charge on any atom is 0.0464 e. The van der Waals surface area contributed by atoms with Crippen molar-refractivity contribution >= 4 is 5.71 Å². The Bertz CT molecular complexity index is 814. The van der Waals surface area contributed by atoms with Crippen LogP contribution in [0.25, 0.3) is 0 Å². The molecule has 0 spiro atoms. The average Bonchev–Trinajstić information content (AvgIpc) is 3.57. The van der Waals surface area contributed by atoms with E-state index in [0.29, 0.717) is 6.04 Å². The monoisotopic (exact) mass is 422 g/mol. The first-order chi connectivity index (χ1) is 14.9. The molecule has 1 N–H and O–H groups in total. The highest BCUT2D eigenvalue weighted by atomic mass is 15.2. The van der Waals surface area contributed by atoms with Crippen molar-refractivity contribution in [2.45, 2.75) is 73.3 Å². The zero-order valence-corrected chi connectivity index (χ0v) is 20.5. The van der Waals surface area contributed by atoms with Crippen molar-refractivity contribution in [3.8, 4) is 0 Å². The Morgan fingerprint density at radius 3 is 2.61 bits per heavy atom. The number of nitrogens with zero attached hydrogens (tertiary/aromatic N) is 3. The van der Waals surface area contributed by atoms with Gasteiger partial charge in [0, 0.05) is 61.3 Å². The third-order valence-corrected chi connectivity index (χ3v) is 5.94. The van der Waals surface area contributed by atoms with Crippen LogP contribution in [0.2, 0.25) is 0 Å². The molecule has 1 aliphatic carbocycles. The Hall–Kier alpha value is -2.20. The van der Waals surface area contributed by atoms with E-state index in [-0.39, 0.29) is 0 Å². The molecule has 1 saturated heterocycles. The molecule has 1 aromatic rings. The summed E-state index contributed by atoms with van der Waals surface area (Å²) in [5.74, 6) is 0.732. The lowest BCUT2D eigenvalue weighted by Gasteiger charge is -2.36. The molecule has 4 heteroatoms. The van der Waals surface area contributed by atoms with E-state index in [1.165, 1.54) is 47.2 Å². The SMILES string of the molecule is C=CN=C(C)C(/C(=C\C)C1CC1)=C(\C)N1CCNC(C)C1.CCCc1cncc(C)c1. The lowest BCUT2D eigenvalue weighted by atomic mass is 9.94. The van der Waals surface area contributed by atoms with Crippen LogP contribution >= 0.6 is 0 Å². The number of allylic oxidation sites excluding steroid dienone is 4. The topological polar surface area (TPSA) is 40.5 Å². The van der Waals surface area contributed by atoms with Crippen LogP contribution in [0, 0.1) is 12.8 Å². The van der Waals surface area contributed by atoms with Crippen molar-refractivity contribution in [2.75, 3.05) is 19.6 Å². The fourth-order valence-electron chi connectivity index (χ4n) is 4.30. The van der Waals surface area contributed by atoms with Gasteiger partial charge in [0.05, 0.1) is 0 Å². The fraction of sp³-hybridized carbons (Fsp3) is 0.556. The summed E-state index contributed by atoms with van der Waals surface area (Å²) >= 11 is 0. The van der Waals surface area contributed by atoms with Gasteiger partial charge in [0.1, 0.15) is 0 Å². The van der Waals surface area contributed by atoms with Crippen molar-refractivity contribution in [1.82, 2.24) is 15.2 Å². The number of aryl methyl sites for hydroxylation is 2. The summed E-state index contributed by atoms with van der Waals surface area (Å²) < 4.78 is 0. The molecule has 0 aromatic carbocycles. The van der Waals surface area contributed by atoms with Gasteiger partial charge in [-0.3, -0.25) is 9.98 Å². The second-order valence-corrected chi connectivity index (χ2v) is 8.80. The van der Waals surface area contributed by atoms with E-state index in [4.69, 9.17) is 0 Å². The minimum atomic E-state index is 0.543. The maximum absolute atomic E-state index is 4.48. The first-order valence-corrected chi connectivity index (χ1v) is 11.8. The largest absolute Gasteiger partial charge is 0.372 e. The van der Waals surface area contributed by atoms with Crippen LogP contribution in [0.15, 0.2) is 59.2 Å². The van der Waals surface area contributed by atoms with Crippen LogP contribution in [0.4, 0.5) is 0 Å². The Balaban J connectivity index is 0.000000285. The number of pyridine rings is 1. The van der Waals surface area contributed by atoms with Gasteiger partial charge in [-0.25, -0.2) is 0 Å². The quantitative estimate of drug-likeness (QED) is 0.442. The summed E-state index contributed by atoms with van der Waals surface area (Å²) in [5.41, 5.74) is 7.88. The number of aromatic nitrogens is 1. The third-order valence-electron chi connectivity index (χ3n) is 5.94. The van der Waals surface area contributed by atoms with Crippen LogP contribution in [0.3, 0.4) is 0 Å². The van der Waals surface area contributed by atoms with Crippen LogP contribution in [0.1, 0.15) is 65.0 Å². The predicted molar refractivity (Wildman–Crippen MR) is 134 cm³/mol. The summed E-state index contributed by atoms with van der Waals surface area (Å²) in [6, 6.07) is 2.73. The normalized spacial score (nSPS) is 20.6. The summed E-state index contributed by atoms with van der Waals surface area (Å²) in [4.78, 5) is 11.1. The van der Waals surface area contributed by atoms with Gasteiger partial charge >= 0.3 is 0 Å². The molecule has 31 heavy (non-hydrogen) atoms. The first kappa shape index (κ1) is 25.1. The molecule has 1 saturated carbocycles. The van der Waals surface area contributed by atoms with E-state index in [1.807, 2.05) is 12.4 Å². The zero-order valence-electron chi connectivity index (χ0n) is 20.5. The molecule has 2 heterocycles. The van der Waals surface area contributed by atoms with E-state index in [9.17, 15) is 0 Å². The minimum Gasteiger partial charge on any atom is -0.372 e. The van der Waals surface area contributed by atoms with Crippen LogP contribution < -0.4 is 5.32 Å². The Kier molecular flexibility index (Phi) is 10.2. The number of hydrogen-bond donors (Lipinski definition) is 1. The van der Waals surface area contributed by atoms with Gasteiger partial charge in [0.25, 0.3) is 0 Å². The smallest absolute Gasteiger partial charge is 0.0464 e. The summed E-state index contributed by atoms with van der Waals surface area (Å²) in [5, 5.41) is 3.51. The van der Waals surface area contributed by atoms with Crippen LogP contribution in [-0.4, -0.2) is 41.3 Å². The molecule has 0 radical (unpaired) electrons. The van der Waals surface area contributed by atoms with Crippen molar-refractivity contribution in [3.05, 3.63) is 65.3 Å². The van der Waals surface area contributed by atoms with Crippen molar-refractivity contribution in [3.63, 3.8) is 0 Å². The summed E-state index contributed by atoms with van der Waals surface area (Å²) in [6.07, 6.45) is 12.7. The fourth-order valence-corrected chi connectivity index (χ4v) is 4.30. The standard InChI is InChI=1S/C18H29N3.C9H13N/c1-6-17(16-8-9-16)18(14(4)19-7-2)15(5)21-11-10-20-13(3)12-21;1-3-4-9-5-8(2)6-10-7-9/h6-7,13,16,20H,2,8-12H2,1,3-5H3;5-7H,3-4H2,1-2H3/b17-6-,18-15-,19-14?;. The minimum absolute atomic E-state index is 0.543. The summed E-state index contributed by atoms with van der Waals surface area (Å²) in [7, 11) is 0. The summed E-state index contributed by atoms with van der Waals surface area (Å²) in [6.45, 7) is 20.0. The number of hydrogen-bond acceptors (Lipinski definition) is 4. The molecule has 2 aliphatic rings. The average molecular weight is 423 g/mol. The van der Waals surface area contributed by atoms with Gasteiger partial charge < -0.3 is 10.2 Å². The highest BCUT2D eigenvalue weighted by molar-refractivity contribution is 6.03. The third kappa shape index (κ3) is 7.77. The molecule has 0 bridgehead atoms. The number of nitrogens with one attached hydrogen (secondary N) is 1. The van der Waals surface area contributed by atoms with Crippen LogP contribution in [-0.2, 0) is 6.42 Å². The van der Waals surface area contributed by atoms with Crippen molar-refractivity contribution in [1.29, 1.82) is 0 Å². The second-order valence-electron chi connectivity index (χ2n) is 8.80. The maximum atomic E-state index is 4.48. The molecular weight excluding hydrogens is 380 g/mol. The van der Waals surface area contributed by atoms with Crippen molar-refractivity contribution in [2.24, 2.45) is 10.9 Å². The molecule has 1 aromatic heterocycles. The van der Waals surface area contributed by atoms with E-state index < -0.39 is 0 Å². The highest BCUT2D eigenvalue weighted by Gasteiger charge is 2.30. The van der Waals surface area contributed by atoms with Gasteiger partial charge in [0.15, 0.2) is 0 Å². The zero-order chi connectivity index (χ0) is 22.8. The Morgan fingerprint density at radius 1 is 1.32 bits per heavy atom. The highest BCUT2D eigenvalue weighted by Crippen LogP contribution is 2.41.